The van der Waals surface area contributed by atoms with E-state index in [0.29, 0.717) is 108 Å². The van der Waals surface area contributed by atoms with E-state index in [2.05, 4.69) is 4.99 Å². The Kier molecular flexibility index (Phi) is 37.7. The van der Waals surface area contributed by atoms with Crippen LogP contribution in [-0.4, -0.2) is 195 Å². The number of nitrogens with zero attached hydrogens (tertiary/aromatic N) is 1. The van der Waals surface area contributed by atoms with Crippen molar-refractivity contribution in [3.63, 3.8) is 0 Å². The quantitative estimate of drug-likeness (QED) is 0.0443. The van der Waals surface area contributed by atoms with Crippen LogP contribution in [0.15, 0.2) is 58.6 Å². The maximum atomic E-state index is 14.2. The first-order valence-corrected chi connectivity index (χ1v) is 30.7. The van der Waals surface area contributed by atoms with Crippen molar-refractivity contribution in [3.8, 4) is 0 Å². The lowest BCUT2D eigenvalue weighted by Crippen LogP contribution is -2.42. The Morgan fingerprint density at radius 1 is 0.738 bits per heavy atom. The van der Waals surface area contributed by atoms with Gasteiger partial charge in [0.2, 0.25) is 0 Å². The van der Waals surface area contributed by atoms with Crippen molar-refractivity contribution < 1.29 is 95.3 Å². The summed E-state index contributed by atoms with van der Waals surface area (Å²) in [5.74, 6) is -3.77. The van der Waals surface area contributed by atoms with Gasteiger partial charge in [0.1, 0.15) is 30.5 Å². The average Bonchev–Trinajstić information content (AvgIpc) is 3.98. The molecule has 0 radical (unpaired) electrons. The number of hydrogen-bond donors (Lipinski definition) is 15. The van der Waals surface area contributed by atoms with E-state index in [0.717, 1.165) is 12.0 Å². The second-order valence-electron chi connectivity index (χ2n) is 23.9. The van der Waals surface area contributed by atoms with Crippen LogP contribution in [0.3, 0.4) is 0 Å². The number of allylic oxidation sites excluding steroid dienone is 1. The molecule has 0 aliphatic carbocycles. The molecule has 84 heavy (non-hydrogen) atoms. The molecule has 2 heterocycles. The van der Waals surface area contributed by atoms with Gasteiger partial charge in [-0.25, -0.2) is 0 Å². The summed E-state index contributed by atoms with van der Waals surface area (Å²) in [6, 6.07) is 8.06. The van der Waals surface area contributed by atoms with Crippen LogP contribution in [0, 0.1) is 23.7 Å². The summed E-state index contributed by atoms with van der Waals surface area (Å²) in [6.45, 7) is 10.9. The molecule has 1 fully saturated rings. The molecule has 0 spiro atoms. The molecule has 3 rings (SSSR count). The number of aromatic carboxylic acids is 1. The number of esters is 1. The number of carboxylic acid groups (broad SMARTS) is 1. The number of nitrogens with two attached hydrogens (primary N) is 2. The molecule has 0 aromatic heterocycles. The second-order valence-corrected chi connectivity index (χ2v) is 23.9. The minimum absolute atomic E-state index is 0.0266. The number of ether oxygens (including phenoxy) is 3. The highest BCUT2D eigenvalue weighted by Crippen LogP contribution is 2.32. The Hall–Kier alpha value is -3.69. The summed E-state index contributed by atoms with van der Waals surface area (Å²) in [4.78, 5) is 28.3. The second kappa shape index (κ2) is 41.5. The molecule has 16 unspecified atom stereocenters. The molecule has 20 atom stereocenters. The van der Waals surface area contributed by atoms with Gasteiger partial charge in [0.15, 0.2) is 12.2 Å². The first-order valence-electron chi connectivity index (χ1n) is 30.7. The highest BCUT2D eigenvalue weighted by Gasteiger charge is 2.45. The van der Waals surface area contributed by atoms with Gasteiger partial charge in [0.25, 0.3) is 0 Å². The number of hydrogen-bond acceptors (Lipinski definition) is 20. The van der Waals surface area contributed by atoms with E-state index in [1.807, 2.05) is 40.7 Å². The predicted molar refractivity (Wildman–Crippen MR) is 315 cm³/mol. The van der Waals surface area contributed by atoms with E-state index in [4.69, 9.17) is 25.7 Å². The van der Waals surface area contributed by atoms with E-state index < -0.39 is 128 Å². The number of aliphatic hydroxyl groups excluding tert-OH is 13. The fourth-order valence-electron chi connectivity index (χ4n) is 10.9. The van der Waals surface area contributed by atoms with Crippen LogP contribution in [0.1, 0.15) is 187 Å². The van der Waals surface area contributed by atoms with Crippen LogP contribution in [0.5, 0.6) is 0 Å². The maximum Gasteiger partial charge on any atom is 0.311 e. The van der Waals surface area contributed by atoms with Crippen molar-refractivity contribution in [1.29, 1.82) is 0 Å². The smallest absolute Gasteiger partial charge is 0.311 e. The summed E-state index contributed by atoms with van der Waals surface area (Å²) < 4.78 is 17.7. The van der Waals surface area contributed by atoms with Gasteiger partial charge in [0, 0.05) is 24.8 Å². The SMILES string of the molecule is CCCCC1C(=O)OC(C(C)C(O)CCCN=C(N)N)C(C)/C=C(\C)CCCCC(O)CC(O)CC(O)CC(O)CC(O)C(O[C@H]2O[C@H](CO)[C@@H](O)[C@@H]2O)/C=C(\C)C(O)CCCC(O)CCCC(O)CCC(C)C1O.O=C([O-])c1ccccc1. The van der Waals surface area contributed by atoms with E-state index >= 15 is 0 Å². The van der Waals surface area contributed by atoms with Crippen LogP contribution < -0.4 is 16.6 Å². The fourth-order valence-corrected chi connectivity index (χ4v) is 10.9. The fraction of sp³-hybridized carbons (Fsp3) is 0.790. The Balaban J connectivity index is 0.00000243. The normalized spacial score (nSPS) is 35.5. The van der Waals surface area contributed by atoms with Gasteiger partial charge >= 0.3 is 5.97 Å². The molecule has 1 aromatic carbocycles. The molecule has 2 aliphatic rings. The van der Waals surface area contributed by atoms with Gasteiger partial charge in [-0.2, -0.15) is 0 Å². The Bertz CT molecular complexity index is 2030. The lowest BCUT2D eigenvalue weighted by molar-refractivity contribution is -0.255. The monoisotopic (exact) mass is 1200 g/mol. The molecule has 486 valence electrons. The number of benzene rings is 1. The van der Waals surface area contributed by atoms with Crippen molar-refractivity contribution in [2.75, 3.05) is 13.2 Å². The Morgan fingerprint density at radius 2 is 1.32 bits per heavy atom. The summed E-state index contributed by atoms with van der Waals surface area (Å²) in [6.07, 6.45) is -7.42. The van der Waals surface area contributed by atoms with Gasteiger partial charge in [-0.15, -0.1) is 0 Å². The van der Waals surface area contributed by atoms with Crippen molar-refractivity contribution in [2.24, 2.45) is 40.1 Å². The maximum absolute atomic E-state index is 14.2. The molecule has 2 aliphatic heterocycles. The minimum atomic E-state index is -1.59. The average molecular weight is 1200 g/mol. The number of carboxylic acids is 1. The molecule has 1 aromatic rings. The summed E-state index contributed by atoms with van der Waals surface area (Å²) in [5, 5.41) is 151. The van der Waals surface area contributed by atoms with Crippen molar-refractivity contribution >= 4 is 17.9 Å². The lowest BCUT2D eigenvalue weighted by Gasteiger charge is -2.34. The van der Waals surface area contributed by atoms with Gasteiger partial charge in [-0.05, 0) is 140 Å². The van der Waals surface area contributed by atoms with Crippen LogP contribution >= 0.6 is 0 Å². The number of rotatable bonds is 13. The molecule has 0 amide bonds. The zero-order valence-electron chi connectivity index (χ0n) is 50.7. The van der Waals surface area contributed by atoms with Crippen molar-refractivity contribution in [2.45, 2.75) is 274 Å². The molecule has 0 saturated carbocycles. The third-order valence-electron chi connectivity index (χ3n) is 16.2. The highest BCUT2D eigenvalue weighted by atomic mass is 16.7. The van der Waals surface area contributed by atoms with Crippen LogP contribution in [0.2, 0.25) is 0 Å². The van der Waals surface area contributed by atoms with E-state index in [1.165, 1.54) is 18.2 Å². The molecular formula is C62H108N3O19-. The van der Waals surface area contributed by atoms with E-state index in [-0.39, 0.29) is 55.5 Å². The zero-order chi connectivity index (χ0) is 63.1. The van der Waals surface area contributed by atoms with E-state index in [9.17, 15) is 81.1 Å². The van der Waals surface area contributed by atoms with Gasteiger partial charge in [0.05, 0.1) is 79.5 Å². The first kappa shape index (κ1) is 76.4. The van der Waals surface area contributed by atoms with Crippen LogP contribution in [-0.2, 0) is 19.0 Å². The third-order valence-corrected chi connectivity index (χ3v) is 16.2. The lowest BCUT2D eigenvalue weighted by atomic mass is 9.84. The molecule has 22 heteroatoms. The zero-order valence-corrected chi connectivity index (χ0v) is 50.7. The standard InChI is InChI=1S/C55H103N3O17.C7H6O2/c1-7-8-19-43-49(69)33(3)22-23-38(61)17-11-16-37(60)18-12-20-44(66)34(4)26-47(73-54-51(71)50(70)48(31-59)74-54)46(68)30-42(65)29-41(64)28-40(63)27-39(62)15-10-9-14-32(2)25-35(5)52(75-53(43)72)36(6)45(67)21-13-24-58-55(56)57;8-7(9)6-4-2-1-3-5-6/h25-26,33,35-52,54,59-71H,7-24,27-31H2,1-6H3,(H4,56,57,58);1-5H,(H,8,9)/p-1/b32-25+,34-26+;/t33?,35?,36?,37?,38?,39?,40?,41?,42?,43?,44?,45?,46?,47?,48-,49?,50-,51+,52?,54+;/m1./s1. The largest absolute Gasteiger partial charge is 0.545 e. The number of unbranched alkanes of at least 4 members (excludes halogenated alkanes) is 1. The summed E-state index contributed by atoms with van der Waals surface area (Å²) >= 11 is 0. The number of aliphatic imine (C=N–C) groups is 1. The van der Waals surface area contributed by atoms with Gasteiger partial charge in [-0.3, -0.25) is 9.79 Å². The molecule has 1 saturated heterocycles. The number of aliphatic hydroxyl groups is 13. The topological polar surface area (TPSA) is 412 Å². The third kappa shape index (κ3) is 29.8. The highest BCUT2D eigenvalue weighted by molar-refractivity contribution is 5.85. The number of carbonyl (C=O) groups excluding carboxylic acids is 2. The van der Waals surface area contributed by atoms with Crippen molar-refractivity contribution in [3.05, 3.63) is 59.2 Å². The van der Waals surface area contributed by atoms with Crippen LogP contribution in [0.25, 0.3) is 0 Å². The predicted octanol–water partition coefficient (Wildman–Crippen LogP) is 2.30. The molecule has 0 bridgehead atoms. The van der Waals surface area contributed by atoms with Crippen molar-refractivity contribution in [1.82, 2.24) is 0 Å². The molecular weight excluding hydrogens is 1090 g/mol. The number of guanidine groups is 1. The van der Waals surface area contributed by atoms with E-state index in [1.54, 1.807) is 25.1 Å². The molecule has 22 nitrogen and oxygen atoms in total. The van der Waals surface area contributed by atoms with Crippen LogP contribution in [0.4, 0.5) is 0 Å². The Labute approximate surface area is 498 Å². The summed E-state index contributed by atoms with van der Waals surface area (Å²) in [5.41, 5.74) is 12.6. The number of carbonyl (C=O) groups is 2. The molecule has 17 N–H and O–H groups in total. The Morgan fingerprint density at radius 3 is 1.89 bits per heavy atom. The minimum Gasteiger partial charge on any atom is -0.545 e. The number of cyclic esters (lactones) is 1. The van der Waals surface area contributed by atoms with Gasteiger partial charge < -0.3 is 102 Å². The first-order chi connectivity index (χ1) is 39.7. The summed E-state index contributed by atoms with van der Waals surface area (Å²) in [7, 11) is 0. The van der Waals surface area contributed by atoms with Gasteiger partial charge in [-0.1, -0.05) is 95.0 Å².